The molecule has 0 bridgehead atoms. The van der Waals surface area contributed by atoms with E-state index in [2.05, 4.69) is 16.7 Å². The predicted molar refractivity (Wildman–Crippen MR) is 104 cm³/mol. The highest BCUT2D eigenvalue weighted by molar-refractivity contribution is 7.16. The summed E-state index contributed by atoms with van der Waals surface area (Å²) in [6.07, 6.45) is 3.40. The van der Waals surface area contributed by atoms with Crippen molar-refractivity contribution in [1.29, 1.82) is 0 Å². The van der Waals surface area contributed by atoms with Gasteiger partial charge in [0.25, 0.3) is 5.91 Å². The molecule has 3 heterocycles. The quantitative estimate of drug-likeness (QED) is 0.648. The van der Waals surface area contributed by atoms with Crippen molar-refractivity contribution in [3.05, 3.63) is 47.5 Å². The molecule has 0 saturated heterocycles. The van der Waals surface area contributed by atoms with Gasteiger partial charge in [0.15, 0.2) is 16.3 Å². The first-order chi connectivity index (χ1) is 13.1. The Hall–Kier alpha value is -2.87. The number of benzene rings is 1. The van der Waals surface area contributed by atoms with Crippen LogP contribution in [0.2, 0.25) is 0 Å². The molecule has 0 fully saturated rings. The average molecular weight is 384 g/mol. The second kappa shape index (κ2) is 7.03. The van der Waals surface area contributed by atoms with Crippen molar-refractivity contribution >= 4 is 27.5 Å². The number of nitrogens with zero attached hydrogens (tertiary/aromatic N) is 4. The molecule has 0 radical (unpaired) electrons. The summed E-state index contributed by atoms with van der Waals surface area (Å²) in [5.74, 6) is 1.11. The van der Waals surface area contributed by atoms with Gasteiger partial charge in [-0.15, -0.1) is 6.58 Å². The molecule has 1 aliphatic rings. The summed E-state index contributed by atoms with van der Waals surface area (Å²) in [6.45, 7) is 9.38. The van der Waals surface area contributed by atoms with Crippen molar-refractivity contribution in [2.45, 2.75) is 26.4 Å². The van der Waals surface area contributed by atoms with Crippen LogP contribution < -0.4 is 14.3 Å². The lowest BCUT2D eigenvalue weighted by molar-refractivity contribution is 0.0986. The number of thiazole rings is 1. The SMILES string of the molecule is C=CCn1c(=NC(=O)c2ccnn2C(C)C)sc2cc3c(cc21)OCCO3. The predicted octanol–water partition coefficient (Wildman–Crippen LogP) is 3.18. The maximum atomic E-state index is 12.8. The Kier molecular flexibility index (Phi) is 4.57. The first-order valence-corrected chi connectivity index (χ1v) is 9.56. The lowest BCUT2D eigenvalue weighted by atomic mass is 10.2. The molecule has 1 aliphatic heterocycles. The van der Waals surface area contributed by atoms with Crippen LogP contribution in [0, 0.1) is 0 Å². The largest absolute Gasteiger partial charge is 0.486 e. The third-order valence-electron chi connectivity index (χ3n) is 4.23. The lowest BCUT2D eigenvalue weighted by Gasteiger charge is -2.18. The molecule has 0 spiro atoms. The van der Waals surface area contributed by atoms with Crippen LogP contribution in [0.1, 0.15) is 30.4 Å². The summed E-state index contributed by atoms with van der Waals surface area (Å²) in [6, 6.07) is 5.65. The number of rotatable bonds is 4. The third kappa shape index (κ3) is 3.16. The Balaban J connectivity index is 1.86. The number of allylic oxidation sites excluding steroid dienone is 1. The maximum Gasteiger partial charge on any atom is 0.297 e. The molecule has 4 rings (SSSR count). The fourth-order valence-corrected chi connectivity index (χ4v) is 4.08. The molecule has 3 aromatic rings. The molecule has 0 saturated carbocycles. The van der Waals surface area contributed by atoms with Crippen molar-refractivity contribution < 1.29 is 14.3 Å². The molecule has 0 atom stereocenters. The van der Waals surface area contributed by atoms with E-state index in [1.54, 1.807) is 23.0 Å². The number of ether oxygens (including phenoxy) is 2. The summed E-state index contributed by atoms with van der Waals surface area (Å²) in [5.41, 5.74) is 1.41. The van der Waals surface area contributed by atoms with Gasteiger partial charge < -0.3 is 14.0 Å². The van der Waals surface area contributed by atoms with E-state index in [0.29, 0.717) is 36.0 Å². The van der Waals surface area contributed by atoms with Gasteiger partial charge in [-0.3, -0.25) is 9.48 Å². The topological polar surface area (TPSA) is 70.6 Å². The zero-order valence-electron chi connectivity index (χ0n) is 15.2. The molecule has 8 heteroatoms. The molecular weight excluding hydrogens is 364 g/mol. The van der Waals surface area contributed by atoms with Crippen molar-refractivity contribution in [1.82, 2.24) is 14.3 Å². The molecule has 0 N–H and O–H groups in total. The molecule has 27 heavy (non-hydrogen) atoms. The fourth-order valence-electron chi connectivity index (χ4n) is 3.04. The number of carbonyl (C=O) groups is 1. The van der Waals surface area contributed by atoms with Gasteiger partial charge in [0.1, 0.15) is 18.9 Å². The fraction of sp³-hybridized carbons (Fsp3) is 0.316. The minimum atomic E-state index is -0.317. The Bertz CT molecular complexity index is 1090. The van der Waals surface area contributed by atoms with Gasteiger partial charge in [-0.1, -0.05) is 17.4 Å². The van der Waals surface area contributed by atoms with E-state index in [-0.39, 0.29) is 11.9 Å². The second-order valence-electron chi connectivity index (χ2n) is 6.42. The van der Waals surface area contributed by atoms with E-state index in [4.69, 9.17) is 9.47 Å². The van der Waals surface area contributed by atoms with E-state index >= 15 is 0 Å². The van der Waals surface area contributed by atoms with Crippen LogP contribution in [0.4, 0.5) is 0 Å². The normalized spacial score (nSPS) is 14.1. The van der Waals surface area contributed by atoms with Crippen molar-refractivity contribution in [3.8, 4) is 11.5 Å². The van der Waals surface area contributed by atoms with Crippen molar-refractivity contribution in [3.63, 3.8) is 0 Å². The number of amides is 1. The summed E-state index contributed by atoms with van der Waals surface area (Å²) < 4.78 is 16.0. The Morgan fingerprint density at radius 2 is 2.11 bits per heavy atom. The van der Waals surface area contributed by atoms with Crippen molar-refractivity contribution in [2.75, 3.05) is 13.2 Å². The van der Waals surface area contributed by atoms with E-state index in [0.717, 1.165) is 16.0 Å². The van der Waals surface area contributed by atoms with E-state index in [1.165, 1.54) is 11.3 Å². The van der Waals surface area contributed by atoms with E-state index in [1.807, 2.05) is 30.5 Å². The van der Waals surface area contributed by atoms with Crippen molar-refractivity contribution in [2.24, 2.45) is 4.99 Å². The van der Waals surface area contributed by atoms with Crippen LogP contribution in [-0.2, 0) is 6.54 Å². The van der Waals surface area contributed by atoms with Gasteiger partial charge in [0, 0.05) is 30.9 Å². The number of fused-ring (bicyclic) bond motifs is 2. The molecule has 7 nitrogen and oxygen atoms in total. The first kappa shape index (κ1) is 17.5. The van der Waals surface area contributed by atoms with Gasteiger partial charge >= 0.3 is 0 Å². The maximum absolute atomic E-state index is 12.8. The zero-order valence-corrected chi connectivity index (χ0v) is 16.0. The lowest BCUT2D eigenvalue weighted by Crippen LogP contribution is -2.18. The number of hydrogen-bond donors (Lipinski definition) is 0. The van der Waals surface area contributed by atoms with Crippen LogP contribution in [-0.4, -0.2) is 33.5 Å². The number of carbonyl (C=O) groups excluding carboxylic acids is 1. The standard InChI is InChI=1S/C19H20N4O3S/c1-4-7-22-14-10-15-16(26-9-8-25-15)11-17(14)27-19(22)21-18(24)13-5-6-20-23(13)12(2)3/h4-6,10-12H,1,7-9H2,2-3H3. The molecule has 2 aromatic heterocycles. The van der Waals surface area contributed by atoms with E-state index < -0.39 is 0 Å². The van der Waals surface area contributed by atoms with Crippen LogP contribution in [0.15, 0.2) is 42.0 Å². The molecule has 0 aliphatic carbocycles. The van der Waals surface area contributed by atoms with Crippen LogP contribution >= 0.6 is 11.3 Å². The van der Waals surface area contributed by atoms with Gasteiger partial charge in [0.05, 0.1) is 10.2 Å². The Labute approximate surface area is 160 Å². The zero-order chi connectivity index (χ0) is 19.0. The van der Waals surface area contributed by atoms with Gasteiger partial charge in [-0.2, -0.15) is 10.1 Å². The molecular formula is C19H20N4O3S. The Morgan fingerprint density at radius 3 is 2.81 bits per heavy atom. The number of hydrogen-bond acceptors (Lipinski definition) is 5. The first-order valence-electron chi connectivity index (χ1n) is 8.75. The third-order valence-corrected chi connectivity index (χ3v) is 5.28. The summed E-state index contributed by atoms with van der Waals surface area (Å²) >= 11 is 1.44. The highest BCUT2D eigenvalue weighted by Crippen LogP contribution is 2.35. The molecule has 0 unspecified atom stereocenters. The smallest absolute Gasteiger partial charge is 0.297 e. The minimum absolute atomic E-state index is 0.0814. The van der Waals surface area contributed by atoms with Gasteiger partial charge in [-0.05, 0) is 19.9 Å². The van der Waals surface area contributed by atoms with Crippen LogP contribution in [0.25, 0.3) is 10.2 Å². The van der Waals surface area contributed by atoms with Crippen LogP contribution in [0.3, 0.4) is 0 Å². The highest BCUT2D eigenvalue weighted by Gasteiger charge is 2.18. The summed E-state index contributed by atoms with van der Waals surface area (Å²) in [4.78, 5) is 17.8. The highest BCUT2D eigenvalue weighted by atomic mass is 32.1. The van der Waals surface area contributed by atoms with Gasteiger partial charge in [-0.25, -0.2) is 0 Å². The monoisotopic (exact) mass is 384 g/mol. The summed E-state index contributed by atoms with van der Waals surface area (Å²) in [5, 5.41) is 4.22. The average Bonchev–Trinajstić information content (AvgIpc) is 3.26. The number of aromatic nitrogens is 3. The van der Waals surface area contributed by atoms with E-state index in [9.17, 15) is 4.79 Å². The molecule has 1 aromatic carbocycles. The van der Waals surface area contributed by atoms with Crippen LogP contribution in [0.5, 0.6) is 11.5 Å². The molecule has 1 amide bonds. The second-order valence-corrected chi connectivity index (χ2v) is 7.43. The Morgan fingerprint density at radius 1 is 1.37 bits per heavy atom. The minimum Gasteiger partial charge on any atom is -0.486 e. The summed E-state index contributed by atoms with van der Waals surface area (Å²) in [7, 11) is 0. The molecule has 140 valence electrons. The van der Waals surface area contributed by atoms with Gasteiger partial charge in [0.2, 0.25) is 0 Å².